The maximum absolute atomic E-state index is 12.5. The standard InChI is InChI=1S/C14H20N2OS/c1-14(2)10-16(9-8-15(14)3)13(17)11-6-4-5-7-12(11)18/h4-7,18H,8-10H2,1-3H3. The van der Waals surface area contributed by atoms with Gasteiger partial charge in [-0.3, -0.25) is 9.69 Å². The van der Waals surface area contributed by atoms with Crippen LogP contribution < -0.4 is 0 Å². The van der Waals surface area contributed by atoms with Gasteiger partial charge in [0.15, 0.2) is 0 Å². The Labute approximate surface area is 114 Å². The van der Waals surface area contributed by atoms with Gasteiger partial charge in [0, 0.05) is 30.1 Å². The lowest BCUT2D eigenvalue weighted by Gasteiger charge is -2.45. The summed E-state index contributed by atoms with van der Waals surface area (Å²) < 4.78 is 0. The molecule has 4 heteroatoms. The van der Waals surface area contributed by atoms with Gasteiger partial charge in [-0.25, -0.2) is 0 Å². The molecule has 0 aliphatic carbocycles. The number of thiol groups is 1. The molecule has 1 heterocycles. The van der Waals surface area contributed by atoms with E-state index >= 15 is 0 Å². The third-order valence-electron chi connectivity index (χ3n) is 3.74. The molecule has 1 saturated heterocycles. The summed E-state index contributed by atoms with van der Waals surface area (Å²) in [6.45, 7) is 6.77. The highest BCUT2D eigenvalue weighted by Gasteiger charge is 2.33. The van der Waals surface area contributed by atoms with Gasteiger partial charge in [-0.2, -0.15) is 0 Å². The van der Waals surface area contributed by atoms with Crippen molar-refractivity contribution >= 4 is 18.5 Å². The van der Waals surface area contributed by atoms with E-state index in [1.165, 1.54) is 0 Å². The van der Waals surface area contributed by atoms with E-state index in [0.29, 0.717) is 5.56 Å². The van der Waals surface area contributed by atoms with Gasteiger partial charge in [0.05, 0.1) is 5.56 Å². The Morgan fingerprint density at radius 3 is 2.56 bits per heavy atom. The number of amides is 1. The van der Waals surface area contributed by atoms with Gasteiger partial charge in [-0.1, -0.05) is 12.1 Å². The second-order valence-corrected chi connectivity index (χ2v) is 5.96. The normalized spacial score (nSPS) is 19.9. The number of carbonyl (C=O) groups is 1. The highest BCUT2D eigenvalue weighted by atomic mass is 32.1. The number of hydrogen-bond donors (Lipinski definition) is 1. The first kappa shape index (κ1) is 13.4. The first-order chi connectivity index (χ1) is 8.42. The van der Waals surface area contributed by atoms with Crippen molar-refractivity contribution in [3.8, 4) is 0 Å². The SMILES string of the molecule is CN1CCN(C(=O)c2ccccc2S)CC1(C)C. The lowest BCUT2D eigenvalue weighted by Crippen LogP contribution is -2.58. The molecule has 0 N–H and O–H groups in total. The Hall–Kier alpha value is -1.00. The van der Waals surface area contributed by atoms with Crippen molar-refractivity contribution in [2.45, 2.75) is 24.3 Å². The van der Waals surface area contributed by atoms with Crippen molar-refractivity contribution in [1.29, 1.82) is 0 Å². The van der Waals surface area contributed by atoms with E-state index < -0.39 is 0 Å². The van der Waals surface area contributed by atoms with Gasteiger partial charge in [0.1, 0.15) is 0 Å². The molecule has 1 aromatic carbocycles. The average molecular weight is 264 g/mol. The van der Waals surface area contributed by atoms with Crippen LogP contribution >= 0.6 is 12.6 Å². The smallest absolute Gasteiger partial charge is 0.255 e. The van der Waals surface area contributed by atoms with Crippen LogP contribution in [0.5, 0.6) is 0 Å². The molecule has 18 heavy (non-hydrogen) atoms. The van der Waals surface area contributed by atoms with Crippen molar-refractivity contribution < 1.29 is 4.79 Å². The van der Waals surface area contributed by atoms with Crippen LogP contribution in [-0.4, -0.2) is 47.9 Å². The Bertz CT molecular complexity index is 459. The number of rotatable bonds is 1. The van der Waals surface area contributed by atoms with E-state index in [0.717, 1.165) is 24.5 Å². The summed E-state index contributed by atoms with van der Waals surface area (Å²) in [7, 11) is 2.11. The fourth-order valence-corrected chi connectivity index (χ4v) is 2.49. The summed E-state index contributed by atoms with van der Waals surface area (Å²) in [4.78, 5) is 17.4. The third-order valence-corrected chi connectivity index (χ3v) is 4.13. The minimum absolute atomic E-state index is 0.0272. The second-order valence-electron chi connectivity index (χ2n) is 5.48. The predicted molar refractivity (Wildman–Crippen MR) is 76.3 cm³/mol. The van der Waals surface area contributed by atoms with Crippen LogP contribution in [0.3, 0.4) is 0 Å². The minimum atomic E-state index is 0.0272. The molecule has 1 aliphatic rings. The third kappa shape index (κ3) is 2.54. The molecule has 0 unspecified atom stereocenters. The molecule has 0 radical (unpaired) electrons. The maximum Gasteiger partial charge on any atom is 0.255 e. The van der Waals surface area contributed by atoms with Crippen molar-refractivity contribution in [1.82, 2.24) is 9.80 Å². The molecule has 1 aromatic rings. The Morgan fingerprint density at radius 1 is 1.28 bits per heavy atom. The second kappa shape index (κ2) is 4.94. The van der Waals surface area contributed by atoms with Crippen molar-refractivity contribution in [3.63, 3.8) is 0 Å². The Balaban J connectivity index is 2.18. The quantitative estimate of drug-likeness (QED) is 0.786. The van der Waals surface area contributed by atoms with Gasteiger partial charge in [-0.15, -0.1) is 12.6 Å². The molecule has 2 rings (SSSR count). The summed E-state index contributed by atoms with van der Waals surface area (Å²) >= 11 is 4.36. The molecule has 0 saturated carbocycles. The number of piperazine rings is 1. The molecule has 0 spiro atoms. The molecular weight excluding hydrogens is 244 g/mol. The van der Waals surface area contributed by atoms with Gasteiger partial charge in [-0.05, 0) is 33.0 Å². The fourth-order valence-electron chi connectivity index (χ4n) is 2.24. The largest absolute Gasteiger partial charge is 0.335 e. The molecule has 0 bridgehead atoms. The fraction of sp³-hybridized carbons (Fsp3) is 0.500. The number of likely N-dealkylation sites (N-methyl/N-ethyl adjacent to an activating group) is 1. The van der Waals surface area contributed by atoms with Crippen LogP contribution in [0.2, 0.25) is 0 Å². The molecule has 0 atom stereocenters. The zero-order valence-electron chi connectivity index (χ0n) is 11.2. The van der Waals surface area contributed by atoms with Crippen molar-refractivity contribution in [2.24, 2.45) is 0 Å². The average Bonchev–Trinajstić information content (AvgIpc) is 2.32. The number of benzene rings is 1. The molecule has 1 fully saturated rings. The van der Waals surface area contributed by atoms with E-state index in [-0.39, 0.29) is 11.4 Å². The lowest BCUT2D eigenvalue weighted by atomic mass is 9.99. The first-order valence-electron chi connectivity index (χ1n) is 6.20. The monoisotopic (exact) mass is 264 g/mol. The summed E-state index contributed by atoms with van der Waals surface area (Å²) in [5.41, 5.74) is 0.723. The molecule has 3 nitrogen and oxygen atoms in total. The Morgan fingerprint density at radius 2 is 1.94 bits per heavy atom. The summed E-state index contributed by atoms with van der Waals surface area (Å²) in [6.07, 6.45) is 0. The van der Waals surface area contributed by atoms with Crippen molar-refractivity contribution in [2.75, 3.05) is 26.7 Å². The van der Waals surface area contributed by atoms with Gasteiger partial charge in [0.2, 0.25) is 0 Å². The number of nitrogens with zero attached hydrogens (tertiary/aromatic N) is 2. The highest BCUT2D eigenvalue weighted by Crippen LogP contribution is 2.22. The van der Waals surface area contributed by atoms with Crippen LogP contribution in [-0.2, 0) is 0 Å². The van der Waals surface area contributed by atoms with Gasteiger partial charge >= 0.3 is 0 Å². The molecule has 1 aliphatic heterocycles. The lowest BCUT2D eigenvalue weighted by molar-refractivity contribution is 0.0309. The van der Waals surface area contributed by atoms with E-state index in [4.69, 9.17) is 0 Å². The summed E-state index contributed by atoms with van der Waals surface area (Å²) in [6, 6.07) is 7.48. The molecule has 98 valence electrons. The summed E-state index contributed by atoms with van der Waals surface area (Å²) in [5.74, 6) is 0.0850. The first-order valence-corrected chi connectivity index (χ1v) is 6.65. The number of carbonyl (C=O) groups excluding carboxylic acids is 1. The van der Waals surface area contributed by atoms with Crippen LogP contribution in [0, 0.1) is 0 Å². The van der Waals surface area contributed by atoms with Crippen LogP contribution in [0.4, 0.5) is 0 Å². The summed E-state index contributed by atoms with van der Waals surface area (Å²) in [5, 5.41) is 0. The zero-order chi connectivity index (χ0) is 13.3. The van der Waals surface area contributed by atoms with E-state index in [1.54, 1.807) is 0 Å². The van der Waals surface area contributed by atoms with Crippen molar-refractivity contribution in [3.05, 3.63) is 29.8 Å². The van der Waals surface area contributed by atoms with Crippen LogP contribution in [0.15, 0.2) is 29.2 Å². The topological polar surface area (TPSA) is 23.6 Å². The van der Waals surface area contributed by atoms with Crippen LogP contribution in [0.25, 0.3) is 0 Å². The van der Waals surface area contributed by atoms with Gasteiger partial charge < -0.3 is 4.90 Å². The zero-order valence-corrected chi connectivity index (χ0v) is 12.1. The predicted octanol–water partition coefficient (Wildman–Crippen LogP) is 2.14. The van der Waals surface area contributed by atoms with E-state index in [9.17, 15) is 4.79 Å². The Kier molecular flexibility index (Phi) is 3.69. The molecule has 0 aromatic heterocycles. The van der Waals surface area contributed by atoms with E-state index in [1.807, 2.05) is 29.2 Å². The molecule has 1 amide bonds. The molecular formula is C14H20N2OS. The minimum Gasteiger partial charge on any atom is -0.335 e. The maximum atomic E-state index is 12.5. The van der Waals surface area contributed by atoms with Gasteiger partial charge in [0.25, 0.3) is 5.91 Å². The highest BCUT2D eigenvalue weighted by molar-refractivity contribution is 7.80. The van der Waals surface area contributed by atoms with E-state index in [2.05, 4.69) is 38.4 Å². The van der Waals surface area contributed by atoms with Crippen LogP contribution in [0.1, 0.15) is 24.2 Å². The number of hydrogen-bond acceptors (Lipinski definition) is 3.